The highest BCUT2D eigenvalue weighted by atomic mass is 16.5. The van der Waals surface area contributed by atoms with Gasteiger partial charge in [0.25, 0.3) is 5.56 Å². The first kappa shape index (κ1) is 13.8. The molecule has 0 unspecified atom stereocenters. The molecule has 0 bridgehead atoms. The Morgan fingerprint density at radius 2 is 2.06 bits per heavy atom. The van der Waals surface area contributed by atoms with Crippen molar-refractivity contribution in [3.8, 4) is 5.88 Å². The number of hydrogen-bond donors (Lipinski definition) is 1. The van der Waals surface area contributed by atoms with Crippen LogP contribution in [-0.4, -0.2) is 11.6 Å². The molecule has 96 valence electrons. The third kappa shape index (κ3) is 5.07. The van der Waals surface area contributed by atoms with Crippen LogP contribution in [0.3, 0.4) is 0 Å². The zero-order valence-corrected chi connectivity index (χ0v) is 11.1. The summed E-state index contributed by atoms with van der Waals surface area (Å²) in [6, 6.07) is 3.58. The van der Waals surface area contributed by atoms with Crippen molar-refractivity contribution in [3.63, 3.8) is 0 Å². The van der Waals surface area contributed by atoms with Gasteiger partial charge in [-0.15, -0.1) is 0 Å². The van der Waals surface area contributed by atoms with Gasteiger partial charge in [-0.25, -0.2) is 0 Å². The summed E-state index contributed by atoms with van der Waals surface area (Å²) in [5.74, 6) is 1.33. The molecule has 1 saturated carbocycles. The Morgan fingerprint density at radius 3 is 2.65 bits per heavy atom. The van der Waals surface area contributed by atoms with E-state index in [1.165, 1.54) is 12.8 Å². The minimum absolute atomic E-state index is 0.0632. The zero-order valence-electron chi connectivity index (χ0n) is 11.1. The van der Waals surface area contributed by atoms with E-state index in [0.29, 0.717) is 11.8 Å². The van der Waals surface area contributed by atoms with E-state index in [2.05, 4.69) is 11.9 Å². The summed E-state index contributed by atoms with van der Waals surface area (Å²) in [4.78, 5) is 14.0. The van der Waals surface area contributed by atoms with Gasteiger partial charge in [-0.05, 0) is 30.7 Å². The van der Waals surface area contributed by atoms with Gasteiger partial charge in [0, 0.05) is 12.1 Å². The normalized spacial score (nSPS) is 13.8. The van der Waals surface area contributed by atoms with Crippen LogP contribution in [0.1, 0.15) is 45.6 Å². The highest BCUT2D eigenvalue weighted by Crippen LogP contribution is 2.29. The largest absolute Gasteiger partial charge is 0.479 e. The second kappa shape index (κ2) is 7.15. The van der Waals surface area contributed by atoms with Crippen molar-refractivity contribution in [2.75, 3.05) is 6.61 Å². The van der Waals surface area contributed by atoms with E-state index in [9.17, 15) is 4.79 Å². The Bertz CT molecular complexity index is 380. The average molecular weight is 237 g/mol. The summed E-state index contributed by atoms with van der Waals surface area (Å²) in [5, 5.41) is 0. The minimum Gasteiger partial charge on any atom is -0.479 e. The molecule has 0 saturated heterocycles. The van der Waals surface area contributed by atoms with E-state index in [1.807, 2.05) is 19.9 Å². The van der Waals surface area contributed by atoms with Crippen LogP contribution in [0.25, 0.3) is 0 Å². The minimum atomic E-state index is -0.0632. The second-order valence-electron chi connectivity index (χ2n) is 4.22. The van der Waals surface area contributed by atoms with Crippen LogP contribution in [0.15, 0.2) is 16.9 Å². The predicted molar refractivity (Wildman–Crippen MR) is 70.6 cm³/mol. The van der Waals surface area contributed by atoms with Crippen molar-refractivity contribution in [2.45, 2.75) is 46.5 Å². The number of rotatable bonds is 5. The Balaban J connectivity index is 0.000000686. The molecule has 1 aliphatic rings. The summed E-state index contributed by atoms with van der Waals surface area (Å²) in [5.41, 5.74) is 0.999. The number of H-pyrrole nitrogens is 1. The second-order valence-corrected chi connectivity index (χ2v) is 4.22. The van der Waals surface area contributed by atoms with Gasteiger partial charge in [-0.1, -0.05) is 27.2 Å². The number of pyridine rings is 1. The fourth-order valence-corrected chi connectivity index (χ4v) is 1.57. The molecule has 0 aliphatic heterocycles. The van der Waals surface area contributed by atoms with Crippen LogP contribution < -0.4 is 10.3 Å². The first-order valence-corrected chi connectivity index (χ1v) is 6.64. The molecule has 1 aromatic heterocycles. The molecular formula is C14H23NO2. The smallest absolute Gasteiger partial charge is 0.250 e. The third-order valence-electron chi connectivity index (χ3n) is 2.59. The summed E-state index contributed by atoms with van der Waals surface area (Å²) in [6.07, 6.45) is 4.51. The van der Waals surface area contributed by atoms with Crippen LogP contribution in [-0.2, 0) is 6.42 Å². The SMILES string of the molecule is CC.CCCc1cc(OCC2CC2)[nH]c(=O)c1. The zero-order chi connectivity index (χ0) is 12.7. The van der Waals surface area contributed by atoms with E-state index in [4.69, 9.17) is 4.74 Å². The van der Waals surface area contributed by atoms with E-state index in [0.717, 1.165) is 25.0 Å². The Labute approximate surface area is 103 Å². The first-order chi connectivity index (χ1) is 8.28. The van der Waals surface area contributed by atoms with E-state index in [-0.39, 0.29) is 5.56 Å². The molecule has 2 rings (SSSR count). The van der Waals surface area contributed by atoms with Gasteiger partial charge in [0.15, 0.2) is 5.88 Å². The lowest BCUT2D eigenvalue weighted by Gasteiger charge is -2.06. The van der Waals surface area contributed by atoms with Crippen molar-refractivity contribution < 1.29 is 4.74 Å². The molecule has 0 spiro atoms. The van der Waals surface area contributed by atoms with Gasteiger partial charge in [0.1, 0.15) is 0 Å². The fraction of sp³-hybridized carbons (Fsp3) is 0.643. The van der Waals surface area contributed by atoms with Crippen molar-refractivity contribution in [3.05, 3.63) is 28.0 Å². The lowest BCUT2D eigenvalue weighted by molar-refractivity contribution is 0.287. The summed E-state index contributed by atoms with van der Waals surface area (Å²) >= 11 is 0. The van der Waals surface area contributed by atoms with Crippen LogP contribution in [0.5, 0.6) is 5.88 Å². The maximum Gasteiger partial charge on any atom is 0.250 e. The van der Waals surface area contributed by atoms with E-state index < -0.39 is 0 Å². The highest BCUT2D eigenvalue weighted by Gasteiger charge is 2.22. The van der Waals surface area contributed by atoms with Crippen molar-refractivity contribution in [2.24, 2.45) is 5.92 Å². The van der Waals surface area contributed by atoms with Crippen LogP contribution in [0.4, 0.5) is 0 Å². The lowest BCUT2D eigenvalue weighted by Crippen LogP contribution is -2.10. The molecule has 0 radical (unpaired) electrons. The number of aromatic amines is 1. The molecule has 1 aliphatic carbocycles. The third-order valence-corrected chi connectivity index (χ3v) is 2.59. The standard InChI is InChI=1S/C12H17NO2.C2H6/c1-2-3-10-6-11(14)13-12(7-10)15-8-9-4-5-9;1-2/h6-7,9H,2-5,8H2,1H3,(H,13,14);1-2H3. The van der Waals surface area contributed by atoms with Gasteiger partial charge in [-0.2, -0.15) is 0 Å². The van der Waals surface area contributed by atoms with Gasteiger partial charge in [-0.3, -0.25) is 9.78 Å². The number of aryl methyl sites for hydroxylation is 1. The van der Waals surface area contributed by atoms with Crippen molar-refractivity contribution >= 4 is 0 Å². The maximum absolute atomic E-state index is 11.3. The Morgan fingerprint density at radius 1 is 1.35 bits per heavy atom. The molecule has 0 atom stereocenters. The predicted octanol–water partition coefficient (Wildman–Crippen LogP) is 3.14. The molecule has 1 aromatic rings. The maximum atomic E-state index is 11.3. The number of hydrogen-bond acceptors (Lipinski definition) is 2. The van der Waals surface area contributed by atoms with E-state index in [1.54, 1.807) is 6.07 Å². The van der Waals surface area contributed by atoms with Crippen LogP contribution in [0, 0.1) is 5.92 Å². The number of aromatic nitrogens is 1. The molecule has 0 aromatic carbocycles. The topological polar surface area (TPSA) is 42.1 Å². The molecule has 1 heterocycles. The molecule has 1 fully saturated rings. The lowest BCUT2D eigenvalue weighted by atomic mass is 10.1. The monoisotopic (exact) mass is 237 g/mol. The van der Waals surface area contributed by atoms with Gasteiger partial charge >= 0.3 is 0 Å². The number of nitrogens with one attached hydrogen (secondary N) is 1. The first-order valence-electron chi connectivity index (χ1n) is 6.64. The summed E-state index contributed by atoms with van der Waals surface area (Å²) in [7, 11) is 0. The van der Waals surface area contributed by atoms with Crippen LogP contribution >= 0.6 is 0 Å². The van der Waals surface area contributed by atoms with Gasteiger partial charge < -0.3 is 4.74 Å². The molecule has 0 amide bonds. The van der Waals surface area contributed by atoms with Crippen LogP contribution in [0.2, 0.25) is 0 Å². The fourth-order valence-electron chi connectivity index (χ4n) is 1.57. The van der Waals surface area contributed by atoms with Crippen molar-refractivity contribution in [1.29, 1.82) is 0 Å². The summed E-state index contributed by atoms with van der Waals surface area (Å²) in [6.45, 7) is 6.84. The molecular weight excluding hydrogens is 214 g/mol. The van der Waals surface area contributed by atoms with Gasteiger partial charge in [0.2, 0.25) is 0 Å². The highest BCUT2D eigenvalue weighted by molar-refractivity contribution is 5.20. The molecule has 3 heteroatoms. The molecule has 1 N–H and O–H groups in total. The quantitative estimate of drug-likeness (QED) is 0.854. The van der Waals surface area contributed by atoms with Gasteiger partial charge in [0.05, 0.1) is 6.61 Å². The molecule has 3 nitrogen and oxygen atoms in total. The Kier molecular flexibility index (Phi) is 5.81. The molecule has 17 heavy (non-hydrogen) atoms. The summed E-state index contributed by atoms with van der Waals surface area (Å²) < 4.78 is 5.54. The Hall–Kier alpha value is -1.25. The number of ether oxygens (including phenoxy) is 1. The van der Waals surface area contributed by atoms with Crippen molar-refractivity contribution in [1.82, 2.24) is 4.98 Å². The van der Waals surface area contributed by atoms with E-state index >= 15 is 0 Å². The average Bonchev–Trinajstić information content (AvgIpc) is 3.13.